The van der Waals surface area contributed by atoms with E-state index in [0.29, 0.717) is 5.92 Å². The van der Waals surface area contributed by atoms with Crippen LogP contribution in [-0.2, 0) is 0 Å². The van der Waals surface area contributed by atoms with E-state index in [1.165, 1.54) is 68.9 Å². The molecule has 0 saturated carbocycles. The first-order valence-corrected chi connectivity index (χ1v) is 12.3. The molecule has 0 saturated heterocycles. The average Bonchev–Trinajstić information content (AvgIpc) is 2.77. The average molecular weight is 423 g/mol. The van der Waals surface area contributed by atoms with Gasteiger partial charge < -0.3 is 4.74 Å². The number of unbranched alkanes of at least 4 members (excludes halogenated alkanes) is 9. The van der Waals surface area contributed by atoms with Gasteiger partial charge in [-0.2, -0.15) is 10.2 Å². The van der Waals surface area contributed by atoms with Crippen molar-refractivity contribution in [3.05, 3.63) is 53.6 Å². The zero-order valence-electron chi connectivity index (χ0n) is 20.2. The highest BCUT2D eigenvalue weighted by Crippen LogP contribution is 2.31. The van der Waals surface area contributed by atoms with Crippen LogP contribution < -0.4 is 4.74 Å². The smallest absolute Gasteiger partial charge is 0.122 e. The normalized spacial score (nSPS) is 11.5. The summed E-state index contributed by atoms with van der Waals surface area (Å²) in [7, 11) is 0. The summed E-state index contributed by atoms with van der Waals surface area (Å²) in [6, 6.07) is 14.2. The van der Waals surface area contributed by atoms with Crippen LogP contribution in [-0.4, -0.2) is 6.61 Å². The molecular weight excluding hydrogens is 380 g/mol. The second kappa shape index (κ2) is 14.8. The van der Waals surface area contributed by atoms with Gasteiger partial charge in [-0.25, -0.2) is 0 Å². The van der Waals surface area contributed by atoms with Crippen LogP contribution in [0.1, 0.15) is 102 Å². The Morgan fingerprint density at radius 1 is 0.710 bits per heavy atom. The molecule has 0 atom stereocenters. The summed E-state index contributed by atoms with van der Waals surface area (Å²) in [4.78, 5) is 0. The molecule has 0 bridgehead atoms. The summed E-state index contributed by atoms with van der Waals surface area (Å²) < 4.78 is 6.13. The largest absolute Gasteiger partial charge is 0.493 e. The minimum absolute atomic E-state index is 0.386. The van der Waals surface area contributed by atoms with Crippen molar-refractivity contribution >= 4 is 11.4 Å². The summed E-state index contributed by atoms with van der Waals surface area (Å²) >= 11 is 0. The van der Waals surface area contributed by atoms with Crippen LogP contribution in [0.5, 0.6) is 5.75 Å². The highest BCUT2D eigenvalue weighted by atomic mass is 16.5. The van der Waals surface area contributed by atoms with Crippen molar-refractivity contribution < 1.29 is 4.74 Å². The highest BCUT2D eigenvalue weighted by Gasteiger charge is 2.09. The van der Waals surface area contributed by atoms with Crippen molar-refractivity contribution in [3.8, 4) is 5.75 Å². The van der Waals surface area contributed by atoms with Crippen LogP contribution in [0.2, 0.25) is 0 Å². The van der Waals surface area contributed by atoms with Crippen LogP contribution >= 0.6 is 0 Å². The first kappa shape index (κ1) is 25.1. The Bertz CT molecular complexity index is 765. The van der Waals surface area contributed by atoms with Crippen molar-refractivity contribution in [3.63, 3.8) is 0 Å². The maximum absolute atomic E-state index is 6.13. The van der Waals surface area contributed by atoms with E-state index in [1.807, 2.05) is 18.2 Å². The molecule has 0 aliphatic rings. The van der Waals surface area contributed by atoms with Gasteiger partial charge >= 0.3 is 0 Å². The van der Waals surface area contributed by atoms with Gasteiger partial charge in [0.15, 0.2) is 0 Å². The number of nitrogens with zero attached hydrogens (tertiary/aromatic N) is 2. The minimum atomic E-state index is 0.386. The third-order valence-corrected chi connectivity index (χ3v) is 5.69. The van der Waals surface area contributed by atoms with E-state index in [-0.39, 0.29) is 0 Å². The number of ether oxygens (including phenoxy) is 1. The molecule has 2 rings (SSSR count). The molecule has 0 amide bonds. The summed E-state index contributed by atoms with van der Waals surface area (Å²) in [6.45, 7) is 9.54. The van der Waals surface area contributed by atoms with Gasteiger partial charge in [0.25, 0.3) is 0 Å². The topological polar surface area (TPSA) is 34.0 Å². The van der Waals surface area contributed by atoms with E-state index in [1.54, 1.807) is 0 Å². The molecule has 3 nitrogen and oxygen atoms in total. The molecule has 0 aromatic heterocycles. The lowest BCUT2D eigenvalue weighted by molar-refractivity contribution is 0.300. The molecule has 0 spiro atoms. The molecule has 31 heavy (non-hydrogen) atoms. The molecule has 170 valence electrons. The van der Waals surface area contributed by atoms with Crippen LogP contribution in [0.15, 0.2) is 52.7 Å². The summed E-state index contributed by atoms with van der Waals surface area (Å²) in [5.41, 5.74) is 4.17. The first-order valence-electron chi connectivity index (χ1n) is 12.3. The van der Waals surface area contributed by atoms with E-state index in [4.69, 9.17) is 4.74 Å². The van der Waals surface area contributed by atoms with Gasteiger partial charge in [-0.15, -0.1) is 0 Å². The number of aryl methyl sites for hydroxylation is 1. The number of hydrogen-bond donors (Lipinski definition) is 0. The molecule has 2 aromatic rings. The van der Waals surface area contributed by atoms with Crippen LogP contribution in [0, 0.1) is 6.92 Å². The Morgan fingerprint density at radius 3 is 1.87 bits per heavy atom. The molecule has 3 heteroatoms. The standard InChI is InChI=1S/C28H42N2O/c1-5-6-7-8-9-10-11-12-13-14-21-31-28-20-19-26(22-27(28)23(2)3)30-29-25-17-15-24(4)16-18-25/h15-20,22-23H,5-14,21H2,1-4H3. The quantitative estimate of drug-likeness (QED) is 0.208. The predicted octanol–water partition coefficient (Wildman–Crippen LogP) is 9.83. The predicted molar refractivity (Wildman–Crippen MR) is 133 cm³/mol. The highest BCUT2D eigenvalue weighted by molar-refractivity contribution is 5.49. The Kier molecular flexibility index (Phi) is 12.0. The van der Waals surface area contributed by atoms with Crippen molar-refractivity contribution in [1.82, 2.24) is 0 Å². The van der Waals surface area contributed by atoms with Gasteiger partial charge in [-0.1, -0.05) is 96.3 Å². The Morgan fingerprint density at radius 2 is 1.26 bits per heavy atom. The Hall–Kier alpha value is -2.16. The molecule has 0 heterocycles. The second-order valence-corrected chi connectivity index (χ2v) is 8.94. The van der Waals surface area contributed by atoms with Crippen molar-refractivity contribution in [1.29, 1.82) is 0 Å². The van der Waals surface area contributed by atoms with E-state index in [9.17, 15) is 0 Å². The van der Waals surface area contributed by atoms with Crippen LogP contribution in [0.4, 0.5) is 11.4 Å². The first-order chi connectivity index (χ1) is 15.1. The van der Waals surface area contributed by atoms with Gasteiger partial charge in [0.2, 0.25) is 0 Å². The molecular formula is C28H42N2O. The second-order valence-electron chi connectivity index (χ2n) is 8.94. The molecule has 0 fully saturated rings. The monoisotopic (exact) mass is 422 g/mol. The van der Waals surface area contributed by atoms with Gasteiger partial charge in [0.05, 0.1) is 18.0 Å². The van der Waals surface area contributed by atoms with E-state index in [0.717, 1.165) is 30.2 Å². The Balaban J connectivity index is 1.74. The third-order valence-electron chi connectivity index (χ3n) is 5.69. The van der Waals surface area contributed by atoms with Crippen molar-refractivity contribution in [2.45, 2.75) is 97.8 Å². The van der Waals surface area contributed by atoms with Crippen LogP contribution in [0.25, 0.3) is 0 Å². The summed E-state index contributed by atoms with van der Waals surface area (Å²) in [6.07, 6.45) is 13.4. The van der Waals surface area contributed by atoms with Crippen molar-refractivity contribution in [2.24, 2.45) is 10.2 Å². The Labute approximate surface area is 190 Å². The zero-order valence-corrected chi connectivity index (χ0v) is 20.2. The fraction of sp³-hybridized carbons (Fsp3) is 0.571. The molecule has 0 N–H and O–H groups in total. The molecule has 0 aliphatic carbocycles. The van der Waals surface area contributed by atoms with Crippen molar-refractivity contribution in [2.75, 3.05) is 6.61 Å². The lowest BCUT2D eigenvalue weighted by atomic mass is 10.0. The maximum atomic E-state index is 6.13. The van der Waals surface area contributed by atoms with Crippen LogP contribution in [0.3, 0.4) is 0 Å². The summed E-state index contributed by atoms with van der Waals surface area (Å²) in [5, 5.41) is 8.78. The zero-order chi connectivity index (χ0) is 22.3. The lowest BCUT2D eigenvalue weighted by Gasteiger charge is -2.14. The lowest BCUT2D eigenvalue weighted by Crippen LogP contribution is -2.01. The molecule has 0 aliphatic heterocycles. The number of azo groups is 1. The van der Waals surface area contributed by atoms with E-state index in [2.05, 4.69) is 62.2 Å². The fourth-order valence-electron chi connectivity index (χ4n) is 3.68. The molecule has 0 radical (unpaired) electrons. The van der Waals surface area contributed by atoms with E-state index < -0.39 is 0 Å². The fourth-order valence-corrected chi connectivity index (χ4v) is 3.68. The number of rotatable bonds is 15. The third kappa shape index (κ3) is 10.1. The molecule has 0 unspecified atom stereocenters. The maximum Gasteiger partial charge on any atom is 0.122 e. The summed E-state index contributed by atoms with van der Waals surface area (Å²) in [5.74, 6) is 1.37. The van der Waals surface area contributed by atoms with Gasteiger partial charge in [0.1, 0.15) is 5.75 Å². The molecule has 2 aromatic carbocycles. The van der Waals surface area contributed by atoms with Gasteiger partial charge in [0, 0.05) is 0 Å². The van der Waals surface area contributed by atoms with Gasteiger partial charge in [-0.3, -0.25) is 0 Å². The van der Waals surface area contributed by atoms with E-state index >= 15 is 0 Å². The number of hydrogen-bond acceptors (Lipinski definition) is 3. The van der Waals surface area contributed by atoms with Gasteiger partial charge in [-0.05, 0) is 55.2 Å². The number of benzene rings is 2. The SMILES string of the molecule is CCCCCCCCCCCCOc1ccc(N=Nc2ccc(C)cc2)cc1C(C)C. The minimum Gasteiger partial charge on any atom is -0.493 e.